The van der Waals surface area contributed by atoms with Crippen LogP contribution >= 0.6 is 34.8 Å². The summed E-state index contributed by atoms with van der Waals surface area (Å²) >= 11 is 18.0. The van der Waals surface area contributed by atoms with Gasteiger partial charge in [0, 0.05) is 11.6 Å². The minimum atomic E-state index is -4.55. The number of anilines is 1. The molecule has 0 aliphatic heterocycles. The van der Waals surface area contributed by atoms with Gasteiger partial charge in [0.25, 0.3) is 0 Å². The molecule has 0 radical (unpaired) electrons. The number of amides is 1. The molecular formula is C20H11Cl3F3NO2. The lowest BCUT2D eigenvalue weighted by Crippen LogP contribution is -2.10. The molecule has 2 aromatic carbocycles. The number of halogens is 6. The molecule has 0 saturated carbocycles. The standard InChI is InChI=1S/C20H11Cl3F3NO2/c21-14-7-4-11(20(24,25)26)10-16(14)27-18(28)9-6-12-5-8-17(29-12)13-2-1-3-15(22)19(13)23/h1-10H,(H,27,28). The van der Waals surface area contributed by atoms with Crippen molar-refractivity contribution in [2.45, 2.75) is 6.18 Å². The Hall–Kier alpha value is -2.41. The van der Waals surface area contributed by atoms with E-state index in [1.54, 1.807) is 30.3 Å². The quantitative estimate of drug-likeness (QED) is 0.408. The van der Waals surface area contributed by atoms with E-state index in [0.717, 1.165) is 24.3 Å². The molecule has 0 atom stereocenters. The Morgan fingerprint density at radius 2 is 1.76 bits per heavy atom. The lowest BCUT2D eigenvalue weighted by Gasteiger charge is -2.10. The van der Waals surface area contributed by atoms with Crippen molar-refractivity contribution in [3.8, 4) is 11.3 Å². The maximum absolute atomic E-state index is 12.8. The molecule has 3 nitrogen and oxygen atoms in total. The second-order valence-electron chi connectivity index (χ2n) is 5.82. The van der Waals surface area contributed by atoms with E-state index in [-0.39, 0.29) is 10.7 Å². The van der Waals surface area contributed by atoms with E-state index in [0.29, 0.717) is 27.1 Å². The van der Waals surface area contributed by atoms with Crippen LogP contribution in [0.15, 0.2) is 59.0 Å². The summed E-state index contributed by atoms with van der Waals surface area (Å²) in [6.45, 7) is 0. The first-order chi connectivity index (χ1) is 13.6. The topological polar surface area (TPSA) is 42.2 Å². The molecule has 150 valence electrons. The molecule has 9 heteroatoms. The van der Waals surface area contributed by atoms with Crippen LogP contribution in [0.1, 0.15) is 11.3 Å². The number of nitrogens with one attached hydrogen (secondary N) is 1. The number of carbonyl (C=O) groups excluding carboxylic acids is 1. The van der Waals surface area contributed by atoms with Crippen LogP contribution < -0.4 is 5.32 Å². The number of carbonyl (C=O) groups is 1. The fourth-order valence-corrected chi connectivity index (χ4v) is 2.97. The third kappa shape index (κ3) is 5.15. The average Bonchev–Trinajstić information content (AvgIpc) is 3.12. The van der Waals surface area contributed by atoms with Gasteiger partial charge in [-0.05, 0) is 48.5 Å². The maximum Gasteiger partial charge on any atom is 0.416 e. The van der Waals surface area contributed by atoms with E-state index in [1.807, 2.05) is 0 Å². The number of rotatable bonds is 4. The van der Waals surface area contributed by atoms with Gasteiger partial charge < -0.3 is 9.73 Å². The third-order valence-corrected chi connectivity index (χ3v) is 4.94. The molecular weight excluding hydrogens is 450 g/mol. The van der Waals surface area contributed by atoms with Gasteiger partial charge in [-0.15, -0.1) is 0 Å². The van der Waals surface area contributed by atoms with Crippen LogP contribution in [-0.2, 0) is 11.0 Å². The summed E-state index contributed by atoms with van der Waals surface area (Å²) in [7, 11) is 0. The van der Waals surface area contributed by atoms with Crippen molar-refractivity contribution >= 4 is 52.5 Å². The van der Waals surface area contributed by atoms with Crippen LogP contribution in [0.25, 0.3) is 17.4 Å². The monoisotopic (exact) mass is 459 g/mol. The summed E-state index contributed by atoms with van der Waals surface area (Å²) < 4.78 is 44.0. The van der Waals surface area contributed by atoms with Crippen molar-refractivity contribution in [2.24, 2.45) is 0 Å². The Balaban J connectivity index is 1.74. The van der Waals surface area contributed by atoms with E-state index in [2.05, 4.69) is 5.32 Å². The van der Waals surface area contributed by atoms with Crippen molar-refractivity contribution in [1.82, 2.24) is 0 Å². The Bertz CT molecular complexity index is 1090. The first-order valence-corrected chi connectivity index (χ1v) is 9.18. The fraction of sp³-hybridized carbons (Fsp3) is 0.0500. The summed E-state index contributed by atoms with van der Waals surface area (Å²) in [4.78, 5) is 12.1. The normalized spacial score (nSPS) is 11.8. The molecule has 1 aromatic heterocycles. The Labute approximate surface area is 178 Å². The fourth-order valence-electron chi connectivity index (χ4n) is 2.41. The lowest BCUT2D eigenvalue weighted by molar-refractivity contribution is -0.137. The van der Waals surface area contributed by atoms with Gasteiger partial charge in [0.2, 0.25) is 5.91 Å². The molecule has 0 aliphatic carbocycles. The lowest BCUT2D eigenvalue weighted by atomic mass is 10.2. The molecule has 3 rings (SSSR count). The molecule has 1 N–H and O–H groups in total. The highest BCUT2D eigenvalue weighted by Crippen LogP contribution is 2.35. The van der Waals surface area contributed by atoms with Crippen molar-refractivity contribution in [3.05, 3.63) is 81.0 Å². The van der Waals surface area contributed by atoms with Crippen molar-refractivity contribution < 1.29 is 22.4 Å². The predicted octanol–water partition coefficient (Wildman–Crippen LogP) is 7.58. The molecule has 1 amide bonds. The summed E-state index contributed by atoms with van der Waals surface area (Å²) in [6.07, 6.45) is -2.08. The average molecular weight is 461 g/mol. The summed E-state index contributed by atoms with van der Waals surface area (Å²) in [5, 5.41) is 2.99. The van der Waals surface area contributed by atoms with E-state index in [1.165, 1.54) is 6.08 Å². The van der Waals surface area contributed by atoms with Gasteiger partial charge in [0.05, 0.1) is 26.3 Å². The first kappa shape index (κ1) is 21.3. The van der Waals surface area contributed by atoms with Crippen LogP contribution in [0.5, 0.6) is 0 Å². The maximum atomic E-state index is 12.8. The van der Waals surface area contributed by atoms with Gasteiger partial charge in [-0.3, -0.25) is 4.79 Å². The predicted molar refractivity (Wildman–Crippen MR) is 108 cm³/mol. The minimum Gasteiger partial charge on any atom is -0.457 e. The summed E-state index contributed by atoms with van der Waals surface area (Å²) in [5.74, 6) is 0.102. The number of hydrogen-bond acceptors (Lipinski definition) is 2. The number of benzene rings is 2. The third-order valence-electron chi connectivity index (χ3n) is 3.79. The van der Waals surface area contributed by atoms with Gasteiger partial charge in [0.1, 0.15) is 11.5 Å². The smallest absolute Gasteiger partial charge is 0.416 e. The zero-order valence-electron chi connectivity index (χ0n) is 14.4. The van der Waals surface area contributed by atoms with Crippen molar-refractivity contribution in [1.29, 1.82) is 0 Å². The van der Waals surface area contributed by atoms with Gasteiger partial charge in [-0.2, -0.15) is 13.2 Å². The van der Waals surface area contributed by atoms with Crippen LogP contribution in [0.4, 0.5) is 18.9 Å². The molecule has 0 unspecified atom stereocenters. The molecule has 29 heavy (non-hydrogen) atoms. The van der Waals surface area contributed by atoms with Gasteiger partial charge >= 0.3 is 6.18 Å². The molecule has 0 aliphatic rings. The highest BCUT2D eigenvalue weighted by molar-refractivity contribution is 6.43. The van der Waals surface area contributed by atoms with E-state index >= 15 is 0 Å². The van der Waals surface area contributed by atoms with Gasteiger partial charge in [-0.25, -0.2) is 0 Å². The molecule has 1 heterocycles. The summed E-state index contributed by atoms with van der Waals surface area (Å²) in [5.41, 5.74) is -0.490. The van der Waals surface area contributed by atoms with Crippen LogP contribution in [0.2, 0.25) is 15.1 Å². The second kappa shape index (κ2) is 8.53. The minimum absolute atomic E-state index is 0.0179. The first-order valence-electron chi connectivity index (χ1n) is 8.05. The van der Waals surface area contributed by atoms with Crippen LogP contribution in [-0.4, -0.2) is 5.91 Å². The zero-order chi connectivity index (χ0) is 21.2. The SMILES string of the molecule is O=C(C=Cc1ccc(-c2cccc(Cl)c2Cl)o1)Nc1cc(C(F)(F)F)ccc1Cl. The van der Waals surface area contributed by atoms with Crippen molar-refractivity contribution in [2.75, 3.05) is 5.32 Å². The molecule has 3 aromatic rings. The second-order valence-corrected chi connectivity index (χ2v) is 7.01. The largest absolute Gasteiger partial charge is 0.457 e. The number of alkyl halides is 3. The van der Waals surface area contributed by atoms with E-state index in [4.69, 9.17) is 39.2 Å². The summed E-state index contributed by atoms with van der Waals surface area (Å²) in [6, 6.07) is 11.0. The van der Waals surface area contributed by atoms with Crippen molar-refractivity contribution in [3.63, 3.8) is 0 Å². The number of furan rings is 1. The van der Waals surface area contributed by atoms with Gasteiger partial charge in [0.15, 0.2) is 0 Å². The molecule has 0 fully saturated rings. The Morgan fingerprint density at radius 1 is 1.00 bits per heavy atom. The number of hydrogen-bond donors (Lipinski definition) is 1. The highest BCUT2D eigenvalue weighted by atomic mass is 35.5. The molecule has 0 bridgehead atoms. The molecule has 0 saturated heterocycles. The molecule has 0 spiro atoms. The highest BCUT2D eigenvalue weighted by Gasteiger charge is 2.31. The Morgan fingerprint density at radius 3 is 2.48 bits per heavy atom. The Kier molecular flexibility index (Phi) is 6.27. The van der Waals surface area contributed by atoms with Gasteiger partial charge in [-0.1, -0.05) is 40.9 Å². The van der Waals surface area contributed by atoms with Crippen LogP contribution in [0.3, 0.4) is 0 Å². The van der Waals surface area contributed by atoms with Crippen LogP contribution in [0, 0.1) is 0 Å². The zero-order valence-corrected chi connectivity index (χ0v) is 16.6. The van der Waals surface area contributed by atoms with E-state index < -0.39 is 17.6 Å². The van der Waals surface area contributed by atoms with E-state index in [9.17, 15) is 18.0 Å².